The molecule has 0 amide bonds. The van der Waals surface area contributed by atoms with Crippen molar-refractivity contribution in [3.63, 3.8) is 0 Å². The molecule has 2 saturated carbocycles. The first kappa shape index (κ1) is 23.8. The molecule has 0 radical (unpaired) electrons. The number of hydrogen-bond donors (Lipinski definition) is 0. The van der Waals surface area contributed by atoms with Crippen molar-refractivity contribution in [3.05, 3.63) is 71.3 Å². The van der Waals surface area contributed by atoms with Crippen molar-refractivity contribution in [2.75, 3.05) is 13.2 Å². The topological polar surface area (TPSA) is 52.6 Å². The normalized spacial score (nSPS) is 27.6. The molecule has 2 aromatic carbocycles. The molecule has 4 rings (SSSR count). The molecule has 2 aliphatic carbocycles. The summed E-state index contributed by atoms with van der Waals surface area (Å²) in [6.45, 7) is 3.85. The molecule has 0 aliphatic heterocycles. The Bertz CT molecular complexity index is 883. The summed E-state index contributed by atoms with van der Waals surface area (Å²) < 4.78 is 63.2. The quantitative estimate of drug-likeness (QED) is 0.450. The molecule has 0 heterocycles. The highest BCUT2D eigenvalue weighted by Crippen LogP contribution is 2.57. The lowest BCUT2D eigenvalue weighted by molar-refractivity contribution is -0.146. The predicted octanol–water partition coefficient (Wildman–Crippen LogP) is 5.15. The number of benzene rings is 2. The lowest BCUT2D eigenvalue weighted by atomic mass is 10.1. The van der Waals surface area contributed by atoms with Crippen molar-refractivity contribution in [3.8, 4) is 0 Å². The second kappa shape index (κ2) is 9.30. The molecule has 0 N–H and O–H groups in total. The SMILES string of the molecule is CCOC(=O)[C@@H]1C[C@]1(F)c1ccc(F)cc1.CCOC(=O)[C@H]1C[C@]1(F)c1ccc(F)cc1. The van der Waals surface area contributed by atoms with Gasteiger partial charge in [0, 0.05) is 12.8 Å². The standard InChI is InChI=1S/2C12H12F2O2/c2*1-2-16-11(15)10-7-12(10,14)8-3-5-9(13)6-4-8/h2*3-6,10H,2,7H2,1H3/t10-,12+;10-,12-/m10/s1. The summed E-state index contributed by atoms with van der Waals surface area (Å²) in [4.78, 5) is 22.6. The summed E-state index contributed by atoms with van der Waals surface area (Å²) in [7, 11) is 0. The van der Waals surface area contributed by atoms with Crippen molar-refractivity contribution in [2.45, 2.75) is 38.0 Å². The molecule has 4 atom stereocenters. The molecule has 0 unspecified atom stereocenters. The molecule has 2 aromatic rings. The maximum Gasteiger partial charge on any atom is 0.312 e. The van der Waals surface area contributed by atoms with Gasteiger partial charge in [0.05, 0.1) is 25.0 Å². The number of carbonyl (C=O) groups excluding carboxylic acids is 2. The highest BCUT2D eigenvalue weighted by molar-refractivity contribution is 5.79. The molecule has 32 heavy (non-hydrogen) atoms. The van der Waals surface area contributed by atoms with Gasteiger partial charge in [-0.25, -0.2) is 17.6 Å². The Labute approximate surface area is 183 Å². The van der Waals surface area contributed by atoms with Crippen LogP contribution < -0.4 is 0 Å². The van der Waals surface area contributed by atoms with E-state index in [1.54, 1.807) is 13.8 Å². The maximum atomic E-state index is 14.2. The van der Waals surface area contributed by atoms with Gasteiger partial charge in [-0.1, -0.05) is 24.3 Å². The number of halogens is 4. The van der Waals surface area contributed by atoms with Crippen LogP contribution in [-0.2, 0) is 30.4 Å². The van der Waals surface area contributed by atoms with Crippen LogP contribution in [0.15, 0.2) is 48.5 Å². The maximum absolute atomic E-state index is 14.2. The van der Waals surface area contributed by atoms with Crippen LogP contribution in [0.1, 0.15) is 37.8 Å². The van der Waals surface area contributed by atoms with E-state index in [9.17, 15) is 27.2 Å². The van der Waals surface area contributed by atoms with Crippen molar-refractivity contribution in [2.24, 2.45) is 11.8 Å². The van der Waals surface area contributed by atoms with Crippen LogP contribution in [0.3, 0.4) is 0 Å². The number of rotatable bonds is 6. The molecular formula is C24H24F4O4. The van der Waals surface area contributed by atoms with Gasteiger partial charge < -0.3 is 9.47 Å². The zero-order valence-electron chi connectivity index (χ0n) is 17.7. The molecule has 0 saturated heterocycles. The number of esters is 2. The van der Waals surface area contributed by atoms with E-state index in [0.29, 0.717) is 11.1 Å². The summed E-state index contributed by atoms with van der Waals surface area (Å²) in [6, 6.07) is 10.2. The Balaban J connectivity index is 0.000000181. The van der Waals surface area contributed by atoms with Gasteiger partial charge in [-0.3, -0.25) is 9.59 Å². The zero-order valence-corrected chi connectivity index (χ0v) is 17.7. The van der Waals surface area contributed by atoms with Gasteiger partial charge in [-0.15, -0.1) is 0 Å². The zero-order chi connectivity index (χ0) is 23.5. The fourth-order valence-corrected chi connectivity index (χ4v) is 3.59. The van der Waals surface area contributed by atoms with E-state index in [1.165, 1.54) is 48.5 Å². The monoisotopic (exact) mass is 452 g/mol. The first-order chi connectivity index (χ1) is 15.2. The van der Waals surface area contributed by atoms with Crippen molar-refractivity contribution in [1.29, 1.82) is 0 Å². The number of hydrogen-bond acceptors (Lipinski definition) is 4. The van der Waals surface area contributed by atoms with Crippen LogP contribution in [0.2, 0.25) is 0 Å². The van der Waals surface area contributed by atoms with E-state index in [2.05, 4.69) is 0 Å². The second-order valence-electron chi connectivity index (χ2n) is 7.76. The summed E-state index contributed by atoms with van der Waals surface area (Å²) in [5, 5.41) is 0. The third kappa shape index (κ3) is 4.95. The van der Waals surface area contributed by atoms with Gasteiger partial charge in [-0.2, -0.15) is 0 Å². The number of ether oxygens (including phenoxy) is 2. The Morgan fingerprint density at radius 3 is 1.34 bits per heavy atom. The van der Waals surface area contributed by atoms with E-state index >= 15 is 0 Å². The Morgan fingerprint density at radius 1 is 0.750 bits per heavy atom. The number of alkyl halides is 2. The first-order valence-corrected chi connectivity index (χ1v) is 10.4. The summed E-state index contributed by atoms with van der Waals surface area (Å²) >= 11 is 0. The average molecular weight is 452 g/mol. The van der Waals surface area contributed by atoms with Crippen LogP contribution in [0.25, 0.3) is 0 Å². The third-order valence-electron chi connectivity index (χ3n) is 5.58. The minimum Gasteiger partial charge on any atom is -0.466 e. The highest BCUT2D eigenvalue weighted by Gasteiger charge is 2.62. The van der Waals surface area contributed by atoms with E-state index in [1.807, 2.05) is 0 Å². The summed E-state index contributed by atoms with van der Waals surface area (Å²) in [5.41, 5.74) is -2.65. The lowest BCUT2D eigenvalue weighted by Gasteiger charge is -2.07. The fourth-order valence-electron chi connectivity index (χ4n) is 3.59. The van der Waals surface area contributed by atoms with Gasteiger partial charge in [0.25, 0.3) is 0 Å². The van der Waals surface area contributed by atoms with E-state index in [-0.39, 0.29) is 26.1 Å². The smallest absolute Gasteiger partial charge is 0.312 e. The predicted molar refractivity (Wildman–Crippen MR) is 108 cm³/mol. The van der Waals surface area contributed by atoms with Gasteiger partial charge in [-0.05, 0) is 49.2 Å². The van der Waals surface area contributed by atoms with Crippen molar-refractivity contribution >= 4 is 11.9 Å². The van der Waals surface area contributed by atoms with Crippen LogP contribution in [-0.4, -0.2) is 25.2 Å². The minimum atomic E-state index is -1.67. The fraction of sp³-hybridized carbons (Fsp3) is 0.417. The molecule has 0 bridgehead atoms. The van der Waals surface area contributed by atoms with Crippen LogP contribution in [0.5, 0.6) is 0 Å². The molecular weight excluding hydrogens is 428 g/mol. The second-order valence-corrected chi connectivity index (χ2v) is 7.76. The highest BCUT2D eigenvalue weighted by atomic mass is 19.2. The van der Waals surface area contributed by atoms with Crippen molar-refractivity contribution in [1.82, 2.24) is 0 Å². The molecule has 2 fully saturated rings. The van der Waals surface area contributed by atoms with Gasteiger partial charge in [0.1, 0.15) is 23.0 Å². The Hall–Kier alpha value is -2.90. The van der Waals surface area contributed by atoms with Crippen LogP contribution in [0.4, 0.5) is 17.6 Å². The van der Waals surface area contributed by atoms with E-state index in [4.69, 9.17) is 9.47 Å². The molecule has 4 nitrogen and oxygen atoms in total. The summed E-state index contributed by atoms with van der Waals surface area (Å²) in [6.07, 6.45) is 0.245. The van der Waals surface area contributed by atoms with Gasteiger partial charge in [0.2, 0.25) is 0 Å². The third-order valence-corrected chi connectivity index (χ3v) is 5.58. The summed E-state index contributed by atoms with van der Waals surface area (Å²) in [5.74, 6) is -3.35. The Morgan fingerprint density at radius 2 is 1.06 bits per heavy atom. The minimum absolute atomic E-state index is 0.122. The molecule has 172 valence electrons. The molecule has 0 aromatic heterocycles. The van der Waals surface area contributed by atoms with Crippen LogP contribution in [0, 0.1) is 23.5 Å². The molecule has 2 aliphatic rings. The van der Waals surface area contributed by atoms with Crippen LogP contribution >= 0.6 is 0 Å². The Kier molecular flexibility index (Phi) is 6.91. The molecule has 8 heteroatoms. The van der Waals surface area contributed by atoms with E-state index in [0.717, 1.165) is 0 Å². The number of carbonyl (C=O) groups is 2. The van der Waals surface area contributed by atoms with Gasteiger partial charge >= 0.3 is 11.9 Å². The van der Waals surface area contributed by atoms with Crippen molar-refractivity contribution < 1.29 is 36.6 Å². The van der Waals surface area contributed by atoms with E-state index < -0.39 is 46.7 Å². The molecule has 0 spiro atoms. The average Bonchev–Trinajstić information content (AvgIpc) is 3.65. The van der Waals surface area contributed by atoms with Gasteiger partial charge in [0.15, 0.2) is 0 Å². The largest absolute Gasteiger partial charge is 0.466 e. The lowest BCUT2D eigenvalue weighted by Crippen LogP contribution is -2.13. The first-order valence-electron chi connectivity index (χ1n) is 10.4.